The lowest BCUT2D eigenvalue weighted by atomic mass is 9.94. The van der Waals surface area contributed by atoms with Crippen LogP contribution in [0.1, 0.15) is 38.2 Å². The van der Waals surface area contributed by atoms with E-state index in [0.29, 0.717) is 19.6 Å². The van der Waals surface area contributed by atoms with Gasteiger partial charge in [0.15, 0.2) is 15.6 Å². The molecule has 29 heavy (non-hydrogen) atoms. The quantitative estimate of drug-likeness (QED) is 0.643. The van der Waals surface area contributed by atoms with Crippen molar-refractivity contribution in [3.8, 4) is 0 Å². The molecule has 1 aromatic rings. The van der Waals surface area contributed by atoms with Crippen molar-refractivity contribution in [1.82, 2.24) is 0 Å². The first kappa shape index (κ1) is 22.2. The van der Waals surface area contributed by atoms with Crippen molar-refractivity contribution >= 4 is 27.4 Å². The normalized spacial score (nSPS) is 22.0. The Morgan fingerprint density at radius 2 is 2.00 bits per heavy atom. The maximum absolute atomic E-state index is 13.3. The van der Waals surface area contributed by atoms with Gasteiger partial charge in [0.1, 0.15) is 5.82 Å². The molecule has 1 atom stereocenters. The molecule has 0 amide bonds. The Labute approximate surface area is 174 Å². The highest BCUT2D eigenvalue weighted by Crippen LogP contribution is 2.37. The van der Waals surface area contributed by atoms with E-state index in [2.05, 4.69) is 0 Å². The van der Waals surface area contributed by atoms with Crippen molar-refractivity contribution < 1.29 is 31.8 Å². The molecule has 1 unspecified atom stereocenters. The van der Waals surface area contributed by atoms with E-state index in [0.717, 1.165) is 25.0 Å². The molecule has 0 N–H and O–H groups in total. The molecule has 1 aromatic carbocycles. The van der Waals surface area contributed by atoms with Crippen LogP contribution in [0.2, 0.25) is 5.02 Å². The maximum atomic E-state index is 13.3. The molecule has 1 aliphatic carbocycles. The number of ether oxygens (including phenoxy) is 3. The van der Waals surface area contributed by atoms with E-state index in [1.165, 1.54) is 12.1 Å². The molecular weight excluding hydrogens is 423 g/mol. The number of benzene rings is 1. The van der Waals surface area contributed by atoms with Crippen molar-refractivity contribution in [2.45, 2.75) is 49.4 Å². The minimum atomic E-state index is -3.84. The molecule has 9 heteroatoms. The van der Waals surface area contributed by atoms with Gasteiger partial charge in [-0.1, -0.05) is 17.7 Å². The van der Waals surface area contributed by atoms with Crippen molar-refractivity contribution in [2.24, 2.45) is 0 Å². The van der Waals surface area contributed by atoms with Crippen LogP contribution in [0.4, 0.5) is 4.39 Å². The fourth-order valence-electron chi connectivity index (χ4n) is 3.59. The monoisotopic (exact) mass is 446 g/mol. The standard InChI is InChI=1S/C20H24ClFO6S/c1-2-26-19(23)16-12-20(27-9-3-4-10-28-20)8-7-18(16)29(24,25)13-14-5-6-15(22)11-17(14)21/h5-6,11-12,18H,2-4,7-10,13H2,1H3. The highest BCUT2D eigenvalue weighted by molar-refractivity contribution is 7.91. The van der Waals surface area contributed by atoms with Gasteiger partial charge in [-0.25, -0.2) is 17.6 Å². The van der Waals surface area contributed by atoms with Gasteiger partial charge in [-0.3, -0.25) is 0 Å². The summed E-state index contributed by atoms with van der Waals surface area (Å²) < 4.78 is 56.4. The van der Waals surface area contributed by atoms with Crippen LogP contribution in [0.25, 0.3) is 0 Å². The summed E-state index contributed by atoms with van der Waals surface area (Å²) in [6.07, 6.45) is 3.57. The summed E-state index contributed by atoms with van der Waals surface area (Å²) in [7, 11) is -3.84. The third-order valence-corrected chi connectivity index (χ3v) is 7.45. The van der Waals surface area contributed by atoms with Gasteiger partial charge in [-0.05, 0) is 50.0 Å². The zero-order valence-corrected chi connectivity index (χ0v) is 17.7. The third-order valence-electron chi connectivity index (χ3n) is 5.03. The molecule has 1 spiro atoms. The van der Waals surface area contributed by atoms with Crippen LogP contribution in [0.5, 0.6) is 0 Å². The van der Waals surface area contributed by atoms with Crippen molar-refractivity contribution in [2.75, 3.05) is 19.8 Å². The molecule has 1 saturated heterocycles. The SMILES string of the molecule is CCOC(=O)C1=CC2(CCC1S(=O)(=O)Cc1ccc(F)cc1Cl)OCCCCO2. The van der Waals surface area contributed by atoms with Crippen molar-refractivity contribution in [3.63, 3.8) is 0 Å². The summed E-state index contributed by atoms with van der Waals surface area (Å²) in [4.78, 5) is 12.6. The Balaban J connectivity index is 1.94. The maximum Gasteiger partial charge on any atom is 0.335 e. The predicted octanol–water partition coefficient (Wildman–Crippen LogP) is 3.57. The zero-order chi connectivity index (χ0) is 21.1. The number of carbonyl (C=O) groups is 1. The summed E-state index contributed by atoms with van der Waals surface area (Å²) in [6.45, 7) is 2.70. The molecule has 0 aromatic heterocycles. The van der Waals surface area contributed by atoms with Gasteiger partial charge in [-0.15, -0.1) is 0 Å². The second-order valence-electron chi connectivity index (χ2n) is 7.11. The van der Waals surface area contributed by atoms with Gasteiger partial charge in [-0.2, -0.15) is 0 Å². The van der Waals surface area contributed by atoms with E-state index in [1.807, 2.05) is 0 Å². The van der Waals surface area contributed by atoms with E-state index in [4.69, 9.17) is 25.8 Å². The molecule has 6 nitrogen and oxygen atoms in total. The van der Waals surface area contributed by atoms with Gasteiger partial charge in [0, 0.05) is 11.4 Å². The van der Waals surface area contributed by atoms with Gasteiger partial charge >= 0.3 is 5.97 Å². The summed E-state index contributed by atoms with van der Waals surface area (Å²) in [5.41, 5.74) is 0.289. The lowest BCUT2D eigenvalue weighted by molar-refractivity contribution is -0.198. The zero-order valence-electron chi connectivity index (χ0n) is 16.2. The molecule has 0 radical (unpaired) electrons. The molecular formula is C20H24ClFO6S. The van der Waals surface area contributed by atoms with Gasteiger partial charge in [0.2, 0.25) is 0 Å². The van der Waals surface area contributed by atoms with E-state index in [9.17, 15) is 17.6 Å². The highest BCUT2D eigenvalue weighted by atomic mass is 35.5. The smallest absolute Gasteiger partial charge is 0.335 e. The second kappa shape index (κ2) is 9.12. The van der Waals surface area contributed by atoms with Crippen LogP contribution in [0, 0.1) is 5.82 Å². The van der Waals surface area contributed by atoms with Gasteiger partial charge in [0.25, 0.3) is 0 Å². The minimum absolute atomic E-state index is 0.0123. The molecule has 2 aliphatic rings. The Morgan fingerprint density at radius 1 is 1.31 bits per heavy atom. The Morgan fingerprint density at radius 3 is 2.62 bits per heavy atom. The summed E-state index contributed by atoms with van der Waals surface area (Å²) in [5.74, 6) is -2.78. The van der Waals surface area contributed by atoms with Crippen LogP contribution in [-0.4, -0.2) is 45.2 Å². The Hall–Kier alpha value is -1.48. The van der Waals surface area contributed by atoms with Crippen LogP contribution in [-0.2, 0) is 34.6 Å². The average molecular weight is 447 g/mol. The fraction of sp³-hybridized carbons (Fsp3) is 0.550. The molecule has 1 fully saturated rings. The van der Waals surface area contributed by atoms with E-state index in [-0.39, 0.29) is 29.2 Å². The highest BCUT2D eigenvalue weighted by Gasteiger charge is 2.44. The molecule has 0 bridgehead atoms. The largest absolute Gasteiger partial charge is 0.463 e. The van der Waals surface area contributed by atoms with Crippen molar-refractivity contribution in [1.29, 1.82) is 0 Å². The summed E-state index contributed by atoms with van der Waals surface area (Å²) in [5, 5.41) is -1.05. The lowest BCUT2D eigenvalue weighted by Gasteiger charge is -2.36. The number of hydrogen-bond donors (Lipinski definition) is 0. The minimum Gasteiger partial charge on any atom is -0.463 e. The number of halogens is 2. The first-order valence-electron chi connectivity index (χ1n) is 9.59. The lowest BCUT2D eigenvalue weighted by Crippen LogP contribution is -2.43. The number of rotatable bonds is 5. The summed E-state index contributed by atoms with van der Waals surface area (Å²) >= 11 is 6.01. The van der Waals surface area contributed by atoms with Gasteiger partial charge < -0.3 is 14.2 Å². The van der Waals surface area contributed by atoms with Gasteiger partial charge in [0.05, 0.1) is 36.4 Å². The Bertz CT molecular complexity index is 890. The van der Waals surface area contributed by atoms with E-state index >= 15 is 0 Å². The van der Waals surface area contributed by atoms with Crippen LogP contribution >= 0.6 is 11.6 Å². The first-order chi connectivity index (χ1) is 13.8. The van der Waals surface area contributed by atoms with Crippen LogP contribution < -0.4 is 0 Å². The van der Waals surface area contributed by atoms with Crippen molar-refractivity contribution in [3.05, 3.63) is 46.3 Å². The first-order valence-corrected chi connectivity index (χ1v) is 11.7. The molecule has 0 saturated carbocycles. The summed E-state index contributed by atoms with van der Waals surface area (Å²) in [6, 6.07) is 3.56. The number of hydrogen-bond acceptors (Lipinski definition) is 6. The van der Waals surface area contributed by atoms with Crippen LogP contribution in [0.15, 0.2) is 29.8 Å². The van der Waals surface area contributed by atoms with Crippen LogP contribution in [0.3, 0.4) is 0 Å². The third kappa shape index (κ3) is 5.17. The molecule has 3 rings (SSSR count). The Kier molecular flexibility index (Phi) is 6.98. The molecule has 160 valence electrons. The molecule has 1 aliphatic heterocycles. The fourth-order valence-corrected chi connectivity index (χ4v) is 5.81. The number of esters is 1. The number of sulfone groups is 1. The number of carbonyl (C=O) groups excluding carboxylic acids is 1. The predicted molar refractivity (Wildman–Crippen MR) is 106 cm³/mol. The van der Waals surface area contributed by atoms with E-state index < -0.39 is 38.4 Å². The second-order valence-corrected chi connectivity index (χ2v) is 9.70. The average Bonchev–Trinajstić information content (AvgIpc) is 2.89. The topological polar surface area (TPSA) is 78.9 Å². The van der Waals surface area contributed by atoms with E-state index in [1.54, 1.807) is 6.92 Å². The molecule has 1 heterocycles.